The summed E-state index contributed by atoms with van der Waals surface area (Å²) in [6, 6.07) is 8.45. The predicted octanol–water partition coefficient (Wildman–Crippen LogP) is 5.13. The smallest absolute Gasteiger partial charge is 0.124 e. The van der Waals surface area contributed by atoms with E-state index in [1.165, 1.54) is 4.88 Å². The minimum Gasteiger partial charge on any atom is -0.488 e. The zero-order chi connectivity index (χ0) is 13.8. The molecule has 0 radical (unpaired) electrons. The van der Waals surface area contributed by atoms with Gasteiger partial charge in [0.25, 0.3) is 0 Å². The number of rotatable bonds is 5. The van der Waals surface area contributed by atoms with Crippen molar-refractivity contribution in [2.24, 2.45) is 0 Å². The van der Waals surface area contributed by atoms with Crippen LogP contribution in [0.3, 0.4) is 0 Å². The Kier molecular flexibility index (Phi) is 5.45. The van der Waals surface area contributed by atoms with Gasteiger partial charge in [0.2, 0.25) is 0 Å². The van der Waals surface area contributed by atoms with Crippen molar-refractivity contribution in [1.82, 2.24) is 5.32 Å². The zero-order valence-electron chi connectivity index (χ0n) is 10.7. The summed E-state index contributed by atoms with van der Waals surface area (Å²) < 4.78 is 8.12. The van der Waals surface area contributed by atoms with Crippen molar-refractivity contribution in [3.05, 3.63) is 49.0 Å². The van der Waals surface area contributed by atoms with E-state index in [0.717, 1.165) is 20.3 Å². The van der Waals surface area contributed by atoms with Crippen LogP contribution >= 0.6 is 43.2 Å². The molecule has 5 heteroatoms. The first-order chi connectivity index (χ1) is 9.10. The van der Waals surface area contributed by atoms with Crippen LogP contribution in [0.15, 0.2) is 38.6 Å². The fourth-order valence-electron chi connectivity index (χ4n) is 1.72. The Hall–Kier alpha value is -0.360. The minimum absolute atomic E-state index is 0.252. The predicted molar refractivity (Wildman–Crippen MR) is 88.0 cm³/mol. The van der Waals surface area contributed by atoms with E-state index in [1.807, 2.05) is 19.2 Å². The molecule has 0 fully saturated rings. The van der Waals surface area contributed by atoms with Gasteiger partial charge in [-0.1, -0.05) is 15.9 Å². The molecule has 1 N–H and O–H groups in total. The van der Waals surface area contributed by atoms with Crippen LogP contribution in [0.5, 0.6) is 5.75 Å². The molecule has 1 heterocycles. The van der Waals surface area contributed by atoms with Gasteiger partial charge in [0, 0.05) is 30.8 Å². The van der Waals surface area contributed by atoms with Gasteiger partial charge >= 0.3 is 0 Å². The lowest BCUT2D eigenvalue weighted by molar-refractivity contribution is 0.303. The summed E-state index contributed by atoms with van der Waals surface area (Å²) in [6.45, 7) is 2.72. The third-order valence-electron chi connectivity index (χ3n) is 2.86. The molecule has 0 aliphatic rings. The Balaban J connectivity index is 2.15. The van der Waals surface area contributed by atoms with Crippen molar-refractivity contribution in [3.8, 4) is 5.75 Å². The van der Waals surface area contributed by atoms with Crippen LogP contribution in [0.2, 0.25) is 0 Å². The lowest BCUT2D eigenvalue weighted by atomic mass is 10.1. The van der Waals surface area contributed by atoms with Crippen molar-refractivity contribution >= 4 is 43.2 Å². The summed E-state index contributed by atoms with van der Waals surface area (Å²) in [7, 11) is 1.95. The molecule has 19 heavy (non-hydrogen) atoms. The van der Waals surface area contributed by atoms with E-state index in [-0.39, 0.29) is 6.04 Å². The zero-order valence-corrected chi connectivity index (χ0v) is 14.7. The number of thiophene rings is 1. The molecule has 1 atom stereocenters. The molecule has 1 unspecified atom stereocenters. The van der Waals surface area contributed by atoms with E-state index in [1.54, 1.807) is 11.3 Å². The maximum Gasteiger partial charge on any atom is 0.124 e. The van der Waals surface area contributed by atoms with Crippen molar-refractivity contribution in [2.75, 3.05) is 7.05 Å². The summed E-state index contributed by atoms with van der Waals surface area (Å²) in [5.41, 5.74) is 1.16. The number of benzene rings is 1. The van der Waals surface area contributed by atoms with Crippen LogP contribution in [-0.4, -0.2) is 7.05 Å². The molecule has 2 nitrogen and oxygen atoms in total. The molecule has 2 aromatic rings. The molecule has 0 saturated carbocycles. The fraction of sp³-hybridized carbons (Fsp3) is 0.286. The highest BCUT2D eigenvalue weighted by Crippen LogP contribution is 2.30. The first-order valence-electron chi connectivity index (χ1n) is 5.92. The van der Waals surface area contributed by atoms with Crippen LogP contribution in [0.25, 0.3) is 0 Å². The average molecular weight is 405 g/mol. The summed E-state index contributed by atoms with van der Waals surface area (Å²) in [6.07, 6.45) is 0. The second-order valence-electron chi connectivity index (χ2n) is 4.21. The SMILES string of the molecule is CNC(C)c1cc(Br)ccc1OCc1cc(Br)cs1. The van der Waals surface area contributed by atoms with Gasteiger partial charge in [-0.3, -0.25) is 0 Å². The molecule has 0 aliphatic heterocycles. The largest absolute Gasteiger partial charge is 0.488 e. The molecular formula is C14H15Br2NOS. The van der Waals surface area contributed by atoms with Crippen LogP contribution in [0, 0.1) is 0 Å². The van der Waals surface area contributed by atoms with Gasteiger partial charge in [0.05, 0.1) is 0 Å². The summed E-state index contributed by atoms with van der Waals surface area (Å²) in [5.74, 6) is 0.926. The van der Waals surface area contributed by atoms with Crippen molar-refractivity contribution in [2.45, 2.75) is 19.6 Å². The van der Waals surface area contributed by atoms with E-state index in [4.69, 9.17) is 4.74 Å². The molecule has 0 bridgehead atoms. The van der Waals surface area contributed by atoms with Gasteiger partial charge in [-0.25, -0.2) is 0 Å². The molecule has 0 saturated heterocycles. The van der Waals surface area contributed by atoms with E-state index in [2.05, 4.69) is 61.6 Å². The van der Waals surface area contributed by atoms with Crippen LogP contribution in [-0.2, 0) is 6.61 Å². The molecular weight excluding hydrogens is 390 g/mol. The molecule has 102 valence electrons. The van der Waals surface area contributed by atoms with Gasteiger partial charge in [-0.15, -0.1) is 11.3 Å². The molecule has 0 aliphatic carbocycles. The van der Waals surface area contributed by atoms with Gasteiger partial charge in [-0.05, 0) is 54.2 Å². The highest BCUT2D eigenvalue weighted by molar-refractivity contribution is 9.10. The maximum absolute atomic E-state index is 5.94. The Labute approximate surface area is 134 Å². The van der Waals surface area contributed by atoms with Crippen LogP contribution < -0.4 is 10.1 Å². The highest BCUT2D eigenvalue weighted by Gasteiger charge is 2.11. The van der Waals surface area contributed by atoms with Crippen molar-refractivity contribution in [1.29, 1.82) is 0 Å². The highest BCUT2D eigenvalue weighted by atomic mass is 79.9. The van der Waals surface area contributed by atoms with Crippen molar-refractivity contribution in [3.63, 3.8) is 0 Å². The summed E-state index contributed by atoms with van der Waals surface area (Å²) >= 11 is 8.66. The van der Waals surface area contributed by atoms with Gasteiger partial charge in [-0.2, -0.15) is 0 Å². The van der Waals surface area contributed by atoms with E-state index >= 15 is 0 Å². The quantitative estimate of drug-likeness (QED) is 0.745. The maximum atomic E-state index is 5.94. The van der Waals surface area contributed by atoms with E-state index < -0.39 is 0 Å². The lowest BCUT2D eigenvalue weighted by Gasteiger charge is -2.16. The Morgan fingerprint density at radius 1 is 1.26 bits per heavy atom. The number of hydrogen-bond donors (Lipinski definition) is 1. The third-order valence-corrected chi connectivity index (χ3v) is 5.03. The standard InChI is InChI=1S/C14H15Br2NOS/c1-9(17-2)13-6-10(15)3-4-14(13)18-7-12-5-11(16)8-19-12/h3-6,8-9,17H,7H2,1-2H3. The monoisotopic (exact) mass is 403 g/mol. The van der Waals surface area contributed by atoms with Gasteiger partial charge in [0.1, 0.15) is 12.4 Å². The minimum atomic E-state index is 0.252. The Morgan fingerprint density at radius 2 is 2.05 bits per heavy atom. The summed E-state index contributed by atoms with van der Waals surface area (Å²) in [5, 5.41) is 5.31. The normalized spacial score (nSPS) is 12.4. The molecule has 0 amide bonds. The van der Waals surface area contributed by atoms with Crippen LogP contribution in [0.1, 0.15) is 23.4 Å². The first kappa shape index (κ1) is 15.0. The van der Waals surface area contributed by atoms with Crippen molar-refractivity contribution < 1.29 is 4.74 Å². The Morgan fingerprint density at radius 3 is 2.68 bits per heavy atom. The second kappa shape index (κ2) is 6.88. The number of nitrogens with one attached hydrogen (secondary N) is 1. The Bertz CT molecular complexity index is 556. The second-order valence-corrected chi connectivity index (χ2v) is 7.04. The lowest BCUT2D eigenvalue weighted by Crippen LogP contribution is -2.13. The topological polar surface area (TPSA) is 21.3 Å². The average Bonchev–Trinajstić information content (AvgIpc) is 2.82. The molecule has 0 spiro atoms. The van der Waals surface area contributed by atoms with Gasteiger partial charge in [0.15, 0.2) is 0 Å². The molecule has 2 rings (SSSR count). The summed E-state index contributed by atoms with van der Waals surface area (Å²) in [4.78, 5) is 1.21. The van der Waals surface area contributed by atoms with E-state index in [9.17, 15) is 0 Å². The fourth-order valence-corrected chi connectivity index (χ4v) is 3.46. The van der Waals surface area contributed by atoms with E-state index in [0.29, 0.717) is 6.61 Å². The van der Waals surface area contributed by atoms with Gasteiger partial charge < -0.3 is 10.1 Å². The number of ether oxygens (including phenoxy) is 1. The molecule has 1 aromatic heterocycles. The first-order valence-corrected chi connectivity index (χ1v) is 8.39. The number of halogens is 2. The molecule has 1 aromatic carbocycles. The third kappa shape index (κ3) is 4.05. The number of hydrogen-bond acceptors (Lipinski definition) is 3. The van der Waals surface area contributed by atoms with Crippen LogP contribution in [0.4, 0.5) is 0 Å².